The summed E-state index contributed by atoms with van der Waals surface area (Å²) >= 11 is 3.83. The number of fused-ring (bicyclic) bond motifs is 4. The molecule has 2 heteroatoms. The van der Waals surface area contributed by atoms with Crippen LogP contribution in [0, 0.1) is 11.8 Å². The minimum Gasteiger partial charge on any atom is -0.370 e. The van der Waals surface area contributed by atoms with E-state index in [1.165, 1.54) is 30.4 Å². The summed E-state index contributed by atoms with van der Waals surface area (Å²) in [5.41, 5.74) is 4.69. The number of allylic oxidation sites excluding steroid dienone is 4. The summed E-state index contributed by atoms with van der Waals surface area (Å²) in [6, 6.07) is 4.65. The number of hydrogen-bond donors (Lipinski definition) is 0. The molecule has 0 fully saturated rings. The summed E-state index contributed by atoms with van der Waals surface area (Å²) in [4.78, 5) is 2.69. The van der Waals surface area contributed by atoms with Crippen LogP contribution in [0.4, 0.5) is 5.69 Å². The lowest BCUT2D eigenvalue weighted by atomic mass is 9.75. The summed E-state index contributed by atoms with van der Waals surface area (Å²) in [6.45, 7) is 2.49. The molecule has 4 atom stereocenters. The van der Waals surface area contributed by atoms with Crippen LogP contribution in [0.25, 0.3) is 0 Å². The Balaban J connectivity index is 1.77. The minimum atomic E-state index is 0.637. The van der Waals surface area contributed by atoms with Gasteiger partial charge in [-0.15, -0.1) is 0 Å². The maximum Gasteiger partial charge on any atom is 0.0455 e. The van der Waals surface area contributed by atoms with Crippen molar-refractivity contribution >= 4 is 21.6 Å². The Morgan fingerprint density at radius 1 is 0.950 bits per heavy atom. The van der Waals surface area contributed by atoms with Gasteiger partial charge in [0.25, 0.3) is 0 Å². The fraction of sp³-hybridized carbons (Fsp3) is 0.444. The van der Waals surface area contributed by atoms with Gasteiger partial charge in [-0.05, 0) is 41.9 Å². The molecule has 102 valence electrons. The number of hydrogen-bond acceptors (Lipinski definition) is 1. The first-order valence-electron chi connectivity index (χ1n) is 7.73. The smallest absolute Gasteiger partial charge is 0.0455 e. The Labute approximate surface area is 128 Å². The van der Waals surface area contributed by atoms with Crippen molar-refractivity contribution in [2.45, 2.75) is 24.7 Å². The topological polar surface area (TPSA) is 3.24 Å². The van der Waals surface area contributed by atoms with Gasteiger partial charge in [-0.3, -0.25) is 0 Å². The molecule has 1 nitrogen and oxygen atoms in total. The van der Waals surface area contributed by atoms with Crippen molar-refractivity contribution in [1.29, 1.82) is 0 Å². The predicted molar refractivity (Wildman–Crippen MR) is 86.3 cm³/mol. The van der Waals surface area contributed by atoms with E-state index in [1.807, 2.05) is 0 Å². The highest BCUT2D eigenvalue weighted by Crippen LogP contribution is 2.54. The Bertz CT molecular complexity index is 643. The molecule has 0 saturated heterocycles. The van der Waals surface area contributed by atoms with Crippen LogP contribution >= 0.6 is 15.9 Å². The molecule has 2 aliphatic heterocycles. The molecule has 4 aliphatic rings. The molecule has 1 aromatic rings. The molecule has 0 bridgehead atoms. The Morgan fingerprint density at radius 3 is 2.45 bits per heavy atom. The SMILES string of the molecule is Brc1ccc2c3c1[C@@H]1C=CC[C@@H]1CN3C[C@@H]1CC=C[C@H]21. The summed E-state index contributed by atoms with van der Waals surface area (Å²) in [7, 11) is 0. The largest absolute Gasteiger partial charge is 0.370 e. The first kappa shape index (κ1) is 11.6. The summed E-state index contributed by atoms with van der Waals surface area (Å²) < 4.78 is 1.31. The van der Waals surface area contributed by atoms with E-state index >= 15 is 0 Å². The van der Waals surface area contributed by atoms with E-state index in [0.717, 1.165) is 11.8 Å². The van der Waals surface area contributed by atoms with Crippen LogP contribution in [0.3, 0.4) is 0 Å². The van der Waals surface area contributed by atoms with Crippen molar-refractivity contribution in [2.75, 3.05) is 18.0 Å². The van der Waals surface area contributed by atoms with E-state index < -0.39 is 0 Å². The number of rotatable bonds is 0. The van der Waals surface area contributed by atoms with Gasteiger partial charge < -0.3 is 4.90 Å². The molecule has 0 unspecified atom stereocenters. The molecule has 0 radical (unpaired) electrons. The summed E-state index contributed by atoms with van der Waals surface area (Å²) in [6.07, 6.45) is 12.2. The molecule has 2 aliphatic carbocycles. The summed E-state index contributed by atoms with van der Waals surface area (Å²) in [5.74, 6) is 2.90. The van der Waals surface area contributed by atoms with Crippen molar-refractivity contribution in [2.24, 2.45) is 11.8 Å². The van der Waals surface area contributed by atoms with Gasteiger partial charge in [-0.2, -0.15) is 0 Å². The van der Waals surface area contributed by atoms with Gasteiger partial charge in [0.05, 0.1) is 0 Å². The van der Waals surface area contributed by atoms with Gasteiger partial charge in [0.15, 0.2) is 0 Å². The molecule has 0 N–H and O–H groups in total. The molecular formula is C18H18BrN. The zero-order valence-corrected chi connectivity index (χ0v) is 13.0. The van der Waals surface area contributed by atoms with E-state index in [-0.39, 0.29) is 0 Å². The van der Waals surface area contributed by atoms with Crippen LogP contribution in [-0.2, 0) is 0 Å². The second-order valence-electron chi connectivity index (χ2n) is 6.70. The number of halogens is 1. The molecular weight excluding hydrogens is 310 g/mol. The lowest BCUT2D eigenvalue weighted by Crippen LogP contribution is -2.43. The molecule has 0 aromatic heterocycles. The Morgan fingerprint density at radius 2 is 1.65 bits per heavy atom. The fourth-order valence-electron chi connectivity index (χ4n) is 4.84. The molecule has 5 rings (SSSR count). The van der Waals surface area contributed by atoms with Crippen LogP contribution in [0.15, 0.2) is 40.9 Å². The zero-order chi connectivity index (χ0) is 13.3. The van der Waals surface area contributed by atoms with Crippen molar-refractivity contribution < 1.29 is 0 Å². The summed E-state index contributed by atoms with van der Waals surface area (Å²) in [5, 5.41) is 0. The van der Waals surface area contributed by atoms with Crippen LogP contribution < -0.4 is 4.90 Å². The van der Waals surface area contributed by atoms with Crippen molar-refractivity contribution in [3.8, 4) is 0 Å². The third kappa shape index (κ3) is 1.38. The van der Waals surface area contributed by atoms with Gasteiger partial charge in [0.2, 0.25) is 0 Å². The minimum absolute atomic E-state index is 0.637. The number of benzene rings is 1. The lowest BCUT2D eigenvalue weighted by molar-refractivity contribution is 0.410. The van der Waals surface area contributed by atoms with Crippen molar-refractivity contribution in [1.82, 2.24) is 0 Å². The fourth-order valence-corrected chi connectivity index (χ4v) is 5.42. The average molecular weight is 328 g/mol. The van der Waals surface area contributed by atoms with Gasteiger partial charge in [-0.25, -0.2) is 0 Å². The molecule has 0 spiro atoms. The zero-order valence-electron chi connectivity index (χ0n) is 11.4. The van der Waals surface area contributed by atoms with E-state index in [1.54, 1.807) is 16.8 Å². The Kier molecular flexibility index (Phi) is 2.33. The van der Waals surface area contributed by atoms with E-state index in [2.05, 4.69) is 57.3 Å². The van der Waals surface area contributed by atoms with Crippen LogP contribution in [-0.4, -0.2) is 13.1 Å². The second-order valence-corrected chi connectivity index (χ2v) is 7.56. The Hall–Kier alpha value is -1.02. The molecule has 0 saturated carbocycles. The first-order chi connectivity index (χ1) is 9.83. The van der Waals surface area contributed by atoms with E-state index in [4.69, 9.17) is 0 Å². The van der Waals surface area contributed by atoms with Crippen LogP contribution in [0.2, 0.25) is 0 Å². The normalized spacial score (nSPS) is 36.0. The highest BCUT2D eigenvalue weighted by molar-refractivity contribution is 9.10. The number of anilines is 1. The molecule has 1 aromatic carbocycles. The molecule has 0 amide bonds. The standard InChI is InChI=1S/C18H18BrN/c19-16-8-7-15-13-5-1-3-11(13)9-20-10-12-4-2-6-14(12)17(16)18(15)20/h1-2,5-8,11-14H,3-4,9-10H2/t11-,12+,13-,14+/m0/s1. The molecule has 2 heterocycles. The average Bonchev–Trinajstić information content (AvgIpc) is 3.08. The van der Waals surface area contributed by atoms with Crippen molar-refractivity contribution in [3.05, 3.63) is 52.0 Å². The van der Waals surface area contributed by atoms with Gasteiger partial charge in [0.1, 0.15) is 0 Å². The van der Waals surface area contributed by atoms with E-state index in [0.29, 0.717) is 11.8 Å². The maximum absolute atomic E-state index is 3.83. The highest BCUT2D eigenvalue weighted by atomic mass is 79.9. The highest BCUT2D eigenvalue weighted by Gasteiger charge is 2.42. The van der Waals surface area contributed by atoms with Gasteiger partial charge in [0, 0.05) is 35.1 Å². The lowest BCUT2D eigenvalue weighted by Gasteiger charge is -2.46. The van der Waals surface area contributed by atoms with Crippen LogP contribution in [0.1, 0.15) is 35.8 Å². The quantitative estimate of drug-likeness (QED) is 0.629. The monoisotopic (exact) mass is 327 g/mol. The van der Waals surface area contributed by atoms with Crippen molar-refractivity contribution in [3.63, 3.8) is 0 Å². The van der Waals surface area contributed by atoms with Crippen LogP contribution in [0.5, 0.6) is 0 Å². The third-order valence-electron chi connectivity index (χ3n) is 5.69. The second kappa shape index (κ2) is 4.00. The third-order valence-corrected chi connectivity index (χ3v) is 6.39. The number of nitrogens with zero attached hydrogens (tertiary/aromatic N) is 1. The van der Waals surface area contributed by atoms with Gasteiger partial charge >= 0.3 is 0 Å². The maximum atomic E-state index is 3.83. The first-order valence-corrected chi connectivity index (χ1v) is 8.53. The predicted octanol–water partition coefficient (Wildman–Crippen LogP) is 4.60. The molecule has 20 heavy (non-hydrogen) atoms. The van der Waals surface area contributed by atoms with E-state index in [9.17, 15) is 0 Å². The van der Waals surface area contributed by atoms with Gasteiger partial charge in [-0.1, -0.05) is 46.3 Å².